The number of rotatable bonds is 6. The number of nitrogens with one attached hydrogen (secondary N) is 1. The monoisotopic (exact) mass is 356 g/mol. The predicted molar refractivity (Wildman–Crippen MR) is 101 cm³/mol. The zero-order chi connectivity index (χ0) is 18.5. The van der Waals surface area contributed by atoms with Crippen molar-refractivity contribution in [2.75, 3.05) is 27.2 Å². The van der Waals surface area contributed by atoms with Crippen LogP contribution in [0.5, 0.6) is 0 Å². The third kappa shape index (κ3) is 4.62. The predicted octanol–water partition coefficient (Wildman–Crippen LogP) is 1.17. The Morgan fingerprint density at radius 3 is 2.85 bits per heavy atom. The van der Waals surface area contributed by atoms with Gasteiger partial charge in [-0.25, -0.2) is 4.79 Å². The summed E-state index contributed by atoms with van der Waals surface area (Å²) in [6.07, 6.45) is 0.919. The second-order valence-electron chi connectivity index (χ2n) is 6.97. The molecule has 2 heterocycles. The summed E-state index contributed by atoms with van der Waals surface area (Å²) in [6, 6.07) is 10.7. The van der Waals surface area contributed by atoms with E-state index >= 15 is 0 Å². The first-order valence-electron chi connectivity index (χ1n) is 9.06. The Kier molecular flexibility index (Phi) is 5.90. The van der Waals surface area contributed by atoms with Crippen LogP contribution in [-0.2, 0) is 32.6 Å². The topological polar surface area (TPSA) is 79.4 Å². The van der Waals surface area contributed by atoms with Crippen LogP contribution in [0.3, 0.4) is 0 Å². The summed E-state index contributed by atoms with van der Waals surface area (Å²) >= 11 is 0. The molecule has 0 atom stereocenters. The third-order valence-electron chi connectivity index (χ3n) is 4.59. The molecule has 140 valence electrons. The lowest BCUT2D eigenvalue weighted by Gasteiger charge is -2.27. The van der Waals surface area contributed by atoms with Crippen LogP contribution in [0.1, 0.15) is 22.5 Å². The SMILES string of the molecule is CN(C)C(=O)NCc1cc2n(n1)CCN(Cc1cccc(CCN)c1)C2. The fourth-order valence-corrected chi connectivity index (χ4v) is 3.23. The molecule has 0 aliphatic carbocycles. The van der Waals surface area contributed by atoms with Crippen molar-refractivity contribution in [1.82, 2.24) is 24.9 Å². The zero-order valence-corrected chi connectivity index (χ0v) is 15.6. The number of urea groups is 1. The van der Waals surface area contributed by atoms with Gasteiger partial charge < -0.3 is 16.0 Å². The number of carbonyl (C=O) groups excluding carboxylic acids is 1. The van der Waals surface area contributed by atoms with E-state index in [4.69, 9.17) is 5.73 Å². The molecule has 0 fully saturated rings. The molecule has 2 aromatic rings. The van der Waals surface area contributed by atoms with E-state index in [1.54, 1.807) is 14.1 Å². The summed E-state index contributed by atoms with van der Waals surface area (Å²) in [6.45, 7) is 4.78. The minimum Gasteiger partial charge on any atom is -0.332 e. The molecule has 0 unspecified atom stereocenters. The lowest BCUT2D eigenvalue weighted by atomic mass is 10.1. The summed E-state index contributed by atoms with van der Waals surface area (Å²) in [5.74, 6) is 0. The molecular formula is C19H28N6O. The standard InChI is InChI=1S/C19H28N6O/c1-23(2)19(26)21-12-17-11-18-14-24(8-9-25(18)22-17)13-16-5-3-4-15(10-16)6-7-20/h3-5,10-11H,6-9,12-14,20H2,1-2H3,(H,21,26). The number of hydrogen-bond acceptors (Lipinski definition) is 4. The molecule has 1 aromatic carbocycles. The highest BCUT2D eigenvalue weighted by Gasteiger charge is 2.19. The largest absolute Gasteiger partial charge is 0.332 e. The van der Waals surface area contributed by atoms with Gasteiger partial charge in [-0.15, -0.1) is 0 Å². The Hall–Kier alpha value is -2.38. The highest BCUT2D eigenvalue weighted by atomic mass is 16.2. The highest BCUT2D eigenvalue weighted by molar-refractivity contribution is 5.73. The van der Waals surface area contributed by atoms with Gasteiger partial charge in [-0.05, 0) is 30.2 Å². The van der Waals surface area contributed by atoms with Crippen LogP contribution in [0.15, 0.2) is 30.3 Å². The van der Waals surface area contributed by atoms with Crippen molar-refractivity contribution in [3.05, 3.63) is 52.8 Å². The quantitative estimate of drug-likeness (QED) is 0.814. The van der Waals surface area contributed by atoms with E-state index in [2.05, 4.69) is 50.3 Å². The van der Waals surface area contributed by atoms with Crippen LogP contribution in [0.25, 0.3) is 0 Å². The number of benzene rings is 1. The Labute approximate surface area is 154 Å². The van der Waals surface area contributed by atoms with Crippen molar-refractivity contribution in [3.63, 3.8) is 0 Å². The number of fused-ring (bicyclic) bond motifs is 1. The molecule has 2 amide bonds. The third-order valence-corrected chi connectivity index (χ3v) is 4.59. The molecule has 0 saturated heterocycles. The number of amides is 2. The molecule has 0 bridgehead atoms. The summed E-state index contributed by atoms with van der Waals surface area (Å²) in [5, 5.41) is 7.47. The summed E-state index contributed by atoms with van der Waals surface area (Å²) in [4.78, 5) is 15.6. The van der Waals surface area contributed by atoms with Gasteiger partial charge in [-0.1, -0.05) is 24.3 Å². The summed E-state index contributed by atoms with van der Waals surface area (Å²) < 4.78 is 2.05. The highest BCUT2D eigenvalue weighted by Crippen LogP contribution is 2.17. The molecule has 3 N–H and O–H groups in total. The van der Waals surface area contributed by atoms with E-state index in [9.17, 15) is 4.79 Å². The molecule has 0 spiro atoms. The first-order chi connectivity index (χ1) is 12.5. The van der Waals surface area contributed by atoms with Gasteiger partial charge in [0.05, 0.1) is 24.5 Å². The zero-order valence-electron chi connectivity index (χ0n) is 15.6. The van der Waals surface area contributed by atoms with Crippen LogP contribution < -0.4 is 11.1 Å². The molecule has 3 rings (SSSR count). The number of nitrogens with zero attached hydrogens (tertiary/aromatic N) is 4. The maximum absolute atomic E-state index is 11.7. The molecule has 0 saturated carbocycles. The van der Waals surface area contributed by atoms with Gasteiger partial charge in [-0.2, -0.15) is 5.10 Å². The fourth-order valence-electron chi connectivity index (χ4n) is 3.23. The summed E-state index contributed by atoms with van der Waals surface area (Å²) in [7, 11) is 3.46. The van der Waals surface area contributed by atoms with Gasteiger partial charge in [0.1, 0.15) is 0 Å². The molecule has 7 heteroatoms. The maximum atomic E-state index is 11.7. The number of hydrogen-bond donors (Lipinski definition) is 2. The lowest BCUT2D eigenvalue weighted by Crippen LogP contribution is -2.34. The lowest BCUT2D eigenvalue weighted by molar-refractivity contribution is 0.205. The van der Waals surface area contributed by atoms with Crippen LogP contribution >= 0.6 is 0 Å². The van der Waals surface area contributed by atoms with Crippen LogP contribution in [0.2, 0.25) is 0 Å². The minimum absolute atomic E-state index is 0.102. The van der Waals surface area contributed by atoms with E-state index in [1.807, 2.05) is 0 Å². The average Bonchev–Trinajstić information content (AvgIpc) is 3.02. The second-order valence-corrected chi connectivity index (χ2v) is 6.97. The Bertz CT molecular complexity index is 754. The molecular weight excluding hydrogens is 328 g/mol. The van der Waals surface area contributed by atoms with Gasteiger partial charge in [-0.3, -0.25) is 9.58 Å². The first kappa shape index (κ1) is 18.4. The van der Waals surface area contributed by atoms with Crippen LogP contribution in [-0.4, -0.2) is 52.8 Å². The first-order valence-corrected chi connectivity index (χ1v) is 9.06. The van der Waals surface area contributed by atoms with E-state index in [0.717, 1.165) is 38.3 Å². The van der Waals surface area contributed by atoms with Crippen LogP contribution in [0.4, 0.5) is 4.79 Å². The molecule has 26 heavy (non-hydrogen) atoms. The smallest absolute Gasteiger partial charge is 0.317 e. The normalized spacial score (nSPS) is 14.1. The molecule has 1 aliphatic rings. The van der Waals surface area contributed by atoms with Crippen molar-refractivity contribution in [2.45, 2.75) is 32.6 Å². The van der Waals surface area contributed by atoms with E-state index in [1.165, 1.54) is 21.7 Å². The summed E-state index contributed by atoms with van der Waals surface area (Å²) in [5.41, 5.74) is 10.4. The van der Waals surface area contributed by atoms with Gasteiger partial charge in [0.15, 0.2) is 0 Å². The maximum Gasteiger partial charge on any atom is 0.317 e. The van der Waals surface area contributed by atoms with Gasteiger partial charge in [0, 0.05) is 33.7 Å². The molecule has 1 aromatic heterocycles. The van der Waals surface area contributed by atoms with Gasteiger partial charge in [0.25, 0.3) is 0 Å². The number of nitrogens with two attached hydrogens (primary N) is 1. The van der Waals surface area contributed by atoms with E-state index in [0.29, 0.717) is 13.1 Å². The van der Waals surface area contributed by atoms with Gasteiger partial charge in [0.2, 0.25) is 0 Å². The Balaban J connectivity index is 1.59. The van der Waals surface area contributed by atoms with Crippen LogP contribution in [0, 0.1) is 0 Å². The molecule has 1 aliphatic heterocycles. The van der Waals surface area contributed by atoms with Crippen molar-refractivity contribution in [2.24, 2.45) is 5.73 Å². The second kappa shape index (κ2) is 8.33. The number of aromatic nitrogens is 2. The van der Waals surface area contributed by atoms with Crippen molar-refractivity contribution >= 4 is 6.03 Å². The molecule has 7 nitrogen and oxygen atoms in total. The Morgan fingerprint density at radius 2 is 2.08 bits per heavy atom. The number of carbonyl (C=O) groups is 1. The average molecular weight is 356 g/mol. The van der Waals surface area contributed by atoms with Crippen molar-refractivity contribution in [1.29, 1.82) is 0 Å². The van der Waals surface area contributed by atoms with Crippen molar-refractivity contribution in [3.8, 4) is 0 Å². The fraction of sp³-hybridized carbons (Fsp3) is 0.474. The van der Waals surface area contributed by atoms with Crippen molar-refractivity contribution < 1.29 is 4.79 Å². The molecule has 0 radical (unpaired) electrons. The van der Waals surface area contributed by atoms with Gasteiger partial charge >= 0.3 is 6.03 Å². The van der Waals surface area contributed by atoms with E-state index in [-0.39, 0.29) is 6.03 Å². The van der Waals surface area contributed by atoms with E-state index < -0.39 is 0 Å². The Morgan fingerprint density at radius 1 is 1.27 bits per heavy atom. The minimum atomic E-state index is -0.102.